The first-order chi connectivity index (χ1) is 18.0. The fraction of sp³-hybridized carbons (Fsp3) is 0.542. The number of nitrogens with zero attached hydrogens (tertiary/aromatic N) is 3. The van der Waals surface area contributed by atoms with Crippen molar-refractivity contribution in [2.45, 2.75) is 71.6 Å². The molecule has 1 fully saturated rings. The number of carbonyl (C=O) groups excluding carboxylic acids is 3. The second kappa shape index (κ2) is 14.7. The molecule has 0 aromatic heterocycles. The Labute approximate surface area is 220 Å². The quantitative estimate of drug-likeness (QED) is 0.0894. The summed E-state index contributed by atoms with van der Waals surface area (Å²) in [5.74, 6) is -0.891. The SMILES string of the molecule is CCOP(=O)(/C=C/[C@H]1O[C@H](Cc2ccc(N=[N+]=[N-])cc2)[C@@H](OC(C)=O)[C@@H](OC(C)=O)[C@@H]1OC(C)=O)OCC. The van der Waals surface area contributed by atoms with Crippen LogP contribution in [-0.4, -0.2) is 61.6 Å². The van der Waals surface area contributed by atoms with Crippen molar-refractivity contribution in [1.29, 1.82) is 0 Å². The summed E-state index contributed by atoms with van der Waals surface area (Å²) in [7, 11) is -3.66. The lowest BCUT2D eigenvalue weighted by Crippen LogP contribution is -2.61. The van der Waals surface area contributed by atoms with Crippen LogP contribution in [0.4, 0.5) is 5.69 Å². The van der Waals surface area contributed by atoms with Gasteiger partial charge in [0.05, 0.1) is 13.2 Å². The normalized spacial score (nSPS) is 23.3. The molecule has 0 aliphatic carbocycles. The molecule has 0 N–H and O–H groups in total. The van der Waals surface area contributed by atoms with E-state index in [1.807, 2.05) is 0 Å². The number of rotatable bonds is 12. The molecule has 1 aliphatic heterocycles. The molecule has 13 nitrogen and oxygen atoms in total. The highest BCUT2D eigenvalue weighted by Crippen LogP contribution is 2.50. The van der Waals surface area contributed by atoms with Crippen LogP contribution in [-0.2, 0) is 53.4 Å². The molecule has 208 valence electrons. The maximum atomic E-state index is 13.0. The summed E-state index contributed by atoms with van der Waals surface area (Å²) in [6, 6.07) is 6.59. The minimum atomic E-state index is -3.66. The average molecular weight is 554 g/mol. The highest BCUT2D eigenvalue weighted by atomic mass is 31.2. The lowest BCUT2D eigenvalue weighted by molar-refractivity contribution is -0.238. The molecule has 0 spiro atoms. The summed E-state index contributed by atoms with van der Waals surface area (Å²) in [6.07, 6.45) is -4.12. The smallest absolute Gasteiger partial charge is 0.353 e. The van der Waals surface area contributed by atoms with Gasteiger partial charge >= 0.3 is 25.5 Å². The minimum absolute atomic E-state index is 0.111. The van der Waals surface area contributed by atoms with Crippen LogP contribution in [0, 0.1) is 0 Å². The van der Waals surface area contributed by atoms with Crippen LogP contribution in [0.5, 0.6) is 0 Å². The first-order valence-electron chi connectivity index (χ1n) is 11.9. The molecule has 1 aromatic carbocycles. The van der Waals surface area contributed by atoms with Crippen LogP contribution in [0.25, 0.3) is 10.4 Å². The Bertz CT molecular complexity index is 1090. The fourth-order valence-electron chi connectivity index (χ4n) is 3.90. The molecule has 1 saturated heterocycles. The molecule has 1 aliphatic rings. The van der Waals surface area contributed by atoms with Crippen LogP contribution in [0.15, 0.2) is 41.3 Å². The van der Waals surface area contributed by atoms with Gasteiger partial charge in [0.15, 0.2) is 18.3 Å². The molecule has 1 aromatic rings. The maximum absolute atomic E-state index is 13.0. The van der Waals surface area contributed by atoms with Crippen molar-refractivity contribution in [3.63, 3.8) is 0 Å². The largest absolute Gasteiger partial charge is 0.456 e. The lowest BCUT2D eigenvalue weighted by Gasteiger charge is -2.44. The van der Waals surface area contributed by atoms with Gasteiger partial charge in [-0.2, -0.15) is 0 Å². The Balaban J connectivity index is 2.55. The number of carbonyl (C=O) groups is 3. The molecule has 0 radical (unpaired) electrons. The highest BCUT2D eigenvalue weighted by Gasteiger charge is 2.51. The summed E-state index contributed by atoms with van der Waals surface area (Å²) in [5.41, 5.74) is 9.74. The number of hydrogen-bond donors (Lipinski definition) is 0. The zero-order valence-corrected chi connectivity index (χ0v) is 22.7. The Morgan fingerprint density at radius 2 is 1.47 bits per heavy atom. The average Bonchev–Trinajstić information content (AvgIpc) is 2.82. The van der Waals surface area contributed by atoms with Gasteiger partial charge in [0.1, 0.15) is 12.2 Å². The van der Waals surface area contributed by atoms with Crippen molar-refractivity contribution in [2.75, 3.05) is 13.2 Å². The number of azide groups is 1. The van der Waals surface area contributed by atoms with E-state index in [4.69, 9.17) is 33.5 Å². The third-order valence-electron chi connectivity index (χ3n) is 5.19. The van der Waals surface area contributed by atoms with Crippen molar-refractivity contribution in [2.24, 2.45) is 5.11 Å². The molecular formula is C24H32N3O10P. The van der Waals surface area contributed by atoms with Crippen molar-refractivity contribution in [3.8, 4) is 0 Å². The number of hydrogen-bond acceptors (Lipinski definition) is 11. The van der Waals surface area contributed by atoms with Crippen LogP contribution >= 0.6 is 7.60 Å². The van der Waals surface area contributed by atoms with E-state index in [2.05, 4.69) is 10.0 Å². The molecule has 0 saturated carbocycles. The zero-order valence-electron chi connectivity index (χ0n) is 21.8. The number of ether oxygens (including phenoxy) is 4. The van der Waals surface area contributed by atoms with Gasteiger partial charge < -0.3 is 28.0 Å². The van der Waals surface area contributed by atoms with Crippen LogP contribution < -0.4 is 0 Å². The Morgan fingerprint density at radius 3 is 1.97 bits per heavy atom. The van der Waals surface area contributed by atoms with E-state index in [0.717, 1.165) is 13.8 Å². The van der Waals surface area contributed by atoms with Gasteiger partial charge in [-0.15, -0.1) is 0 Å². The van der Waals surface area contributed by atoms with E-state index >= 15 is 0 Å². The molecule has 38 heavy (non-hydrogen) atoms. The Hall–Kier alpha value is -3.21. The van der Waals surface area contributed by atoms with Gasteiger partial charge in [-0.1, -0.05) is 29.4 Å². The first-order valence-corrected chi connectivity index (χ1v) is 13.5. The van der Waals surface area contributed by atoms with E-state index in [1.165, 1.54) is 18.8 Å². The maximum Gasteiger partial charge on any atom is 0.353 e. The summed E-state index contributed by atoms with van der Waals surface area (Å²) >= 11 is 0. The summed E-state index contributed by atoms with van der Waals surface area (Å²) < 4.78 is 46.3. The predicted octanol–water partition coefficient (Wildman–Crippen LogP) is 4.51. The Kier molecular flexibility index (Phi) is 12.0. The standard InChI is InChI=1S/C24H32N3O10P/c1-6-32-38(31,33-7-2)13-12-20-22(34-15(3)28)24(36-17(5)30)23(35-16(4)29)21(37-20)14-18-8-10-19(11-9-18)26-27-25/h8-13,20-24H,6-7,14H2,1-5H3/b13-12+/t20-,21-,22-,23-,24+/m1/s1. The lowest BCUT2D eigenvalue weighted by atomic mass is 9.90. The van der Waals surface area contributed by atoms with E-state index in [-0.39, 0.29) is 19.6 Å². The Morgan fingerprint density at radius 1 is 0.947 bits per heavy atom. The van der Waals surface area contributed by atoms with Gasteiger partial charge in [-0.25, -0.2) is 0 Å². The van der Waals surface area contributed by atoms with Crippen molar-refractivity contribution < 1.29 is 46.9 Å². The van der Waals surface area contributed by atoms with Crippen LogP contribution in [0.1, 0.15) is 40.2 Å². The van der Waals surface area contributed by atoms with Crippen molar-refractivity contribution >= 4 is 31.2 Å². The molecule has 0 bridgehead atoms. The van der Waals surface area contributed by atoms with Gasteiger partial charge in [0, 0.05) is 43.6 Å². The highest BCUT2D eigenvalue weighted by molar-refractivity contribution is 7.57. The number of esters is 3. The van der Waals surface area contributed by atoms with Gasteiger partial charge in [0.25, 0.3) is 0 Å². The monoisotopic (exact) mass is 553 g/mol. The topological polar surface area (TPSA) is 172 Å². The summed E-state index contributed by atoms with van der Waals surface area (Å²) in [4.78, 5) is 38.8. The van der Waals surface area contributed by atoms with Gasteiger partial charge in [-0.05, 0) is 31.0 Å². The molecular weight excluding hydrogens is 521 g/mol. The molecule has 0 amide bonds. The molecule has 14 heteroatoms. The van der Waals surface area contributed by atoms with Crippen molar-refractivity contribution in [3.05, 3.63) is 52.2 Å². The van der Waals surface area contributed by atoms with Crippen LogP contribution in [0.3, 0.4) is 0 Å². The second-order valence-electron chi connectivity index (χ2n) is 8.14. The number of benzene rings is 1. The second-order valence-corrected chi connectivity index (χ2v) is 10.0. The fourth-order valence-corrected chi connectivity index (χ4v) is 5.25. The molecule has 0 unspecified atom stereocenters. The van der Waals surface area contributed by atoms with E-state index in [9.17, 15) is 18.9 Å². The molecule has 5 atom stereocenters. The first kappa shape index (κ1) is 31.0. The minimum Gasteiger partial charge on any atom is -0.456 e. The summed E-state index contributed by atoms with van der Waals surface area (Å²) in [6.45, 7) is 7.04. The van der Waals surface area contributed by atoms with Gasteiger partial charge in [-0.3, -0.25) is 18.9 Å². The summed E-state index contributed by atoms with van der Waals surface area (Å²) in [5, 5.41) is 3.54. The zero-order chi connectivity index (χ0) is 28.3. The molecule has 1 heterocycles. The van der Waals surface area contributed by atoms with E-state index in [1.54, 1.807) is 38.1 Å². The van der Waals surface area contributed by atoms with Gasteiger partial charge in [0.2, 0.25) is 0 Å². The van der Waals surface area contributed by atoms with Crippen LogP contribution in [0.2, 0.25) is 0 Å². The molecule has 2 rings (SSSR count). The predicted molar refractivity (Wildman–Crippen MR) is 134 cm³/mol. The third kappa shape index (κ3) is 9.27. The van der Waals surface area contributed by atoms with Crippen molar-refractivity contribution in [1.82, 2.24) is 0 Å². The van der Waals surface area contributed by atoms with E-state index < -0.39 is 56.0 Å². The third-order valence-corrected chi connectivity index (χ3v) is 6.96. The van der Waals surface area contributed by atoms with E-state index in [0.29, 0.717) is 11.3 Å².